The van der Waals surface area contributed by atoms with Crippen molar-refractivity contribution in [1.82, 2.24) is 9.97 Å². The second-order valence-corrected chi connectivity index (χ2v) is 6.11. The van der Waals surface area contributed by atoms with E-state index in [2.05, 4.69) is 22.2 Å². The van der Waals surface area contributed by atoms with Gasteiger partial charge in [0.05, 0.1) is 5.52 Å². The molecule has 0 saturated heterocycles. The molecular weight excluding hydrogens is 246 g/mol. The Balaban J connectivity index is 1.54. The molecule has 106 valence electrons. The highest BCUT2D eigenvalue weighted by atomic mass is 15.1. The summed E-state index contributed by atoms with van der Waals surface area (Å²) >= 11 is 0. The van der Waals surface area contributed by atoms with Gasteiger partial charge in [-0.05, 0) is 30.7 Å². The Hall–Kier alpha value is -1.64. The number of aromatic nitrogens is 2. The highest BCUT2D eigenvalue weighted by Gasteiger charge is 2.18. The topological polar surface area (TPSA) is 37.8 Å². The molecule has 2 unspecified atom stereocenters. The number of para-hydroxylation sites is 1. The number of benzene rings is 1. The number of hydrogen-bond donors (Lipinski definition) is 1. The summed E-state index contributed by atoms with van der Waals surface area (Å²) < 4.78 is 0. The Labute approximate surface area is 120 Å². The van der Waals surface area contributed by atoms with Crippen LogP contribution in [0.15, 0.2) is 30.5 Å². The molecular formula is C17H23N3. The third-order valence-corrected chi connectivity index (χ3v) is 4.37. The molecule has 3 heteroatoms. The molecule has 0 radical (unpaired) electrons. The zero-order valence-corrected chi connectivity index (χ0v) is 12.2. The van der Waals surface area contributed by atoms with Gasteiger partial charge in [0.25, 0.3) is 0 Å². The van der Waals surface area contributed by atoms with E-state index in [1.807, 2.05) is 30.5 Å². The quantitative estimate of drug-likeness (QED) is 0.901. The van der Waals surface area contributed by atoms with E-state index in [-0.39, 0.29) is 0 Å². The van der Waals surface area contributed by atoms with Gasteiger partial charge in [-0.3, -0.25) is 0 Å². The molecule has 0 amide bonds. The van der Waals surface area contributed by atoms with Crippen molar-refractivity contribution in [2.75, 3.05) is 11.9 Å². The molecule has 1 aromatic heterocycles. The van der Waals surface area contributed by atoms with Crippen LogP contribution in [0, 0.1) is 11.8 Å². The van der Waals surface area contributed by atoms with Crippen molar-refractivity contribution < 1.29 is 0 Å². The fourth-order valence-electron chi connectivity index (χ4n) is 3.27. The summed E-state index contributed by atoms with van der Waals surface area (Å²) in [5, 5.41) is 4.47. The molecule has 3 nitrogen and oxygen atoms in total. The molecule has 1 fully saturated rings. The van der Waals surface area contributed by atoms with E-state index in [0.717, 1.165) is 35.2 Å². The number of rotatable bonds is 4. The SMILES string of the molecule is CC1CCCC(CCNc2ncc3ccccc3n2)C1. The van der Waals surface area contributed by atoms with Crippen LogP contribution in [-0.4, -0.2) is 16.5 Å². The molecule has 20 heavy (non-hydrogen) atoms. The zero-order chi connectivity index (χ0) is 13.8. The number of hydrogen-bond acceptors (Lipinski definition) is 3. The van der Waals surface area contributed by atoms with Gasteiger partial charge in [0.15, 0.2) is 0 Å². The molecule has 1 heterocycles. The summed E-state index contributed by atoms with van der Waals surface area (Å²) in [5.74, 6) is 2.55. The van der Waals surface area contributed by atoms with Crippen LogP contribution < -0.4 is 5.32 Å². The van der Waals surface area contributed by atoms with E-state index >= 15 is 0 Å². The second kappa shape index (κ2) is 6.21. The molecule has 1 N–H and O–H groups in total. The van der Waals surface area contributed by atoms with Crippen LogP contribution in [-0.2, 0) is 0 Å². The van der Waals surface area contributed by atoms with Gasteiger partial charge in [-0.25, -0.2) is 9.97 Å². The minimum absolute atomic E-state index is 0.757. The molecule has 3 rings (SSSR count). The average molecular weight is 269 g/mol. The number of fused-ring (bicyclic) bond motifs is 1. The lowest BCUT2D eigenvalue weighted by Gasteiger charge is -2.26. The van der Waals surface area contributed by atoms with E-state index in [4.69, 9.17) is 0 Å². The maximum atomic E-state index is 4.55. The van der Waals surface area contributed by atoms with Crippen molar-refractivity contribution in [1.29, 1.82) is 0 Å². The minimum atomic E-state index is 0.757. The first-order chi connectivity index (χ1) is 9.81. The fraction of sp³-hybridized carbons (Fsp3) is 0.529. The Morgan fingerprint density at radius 1 is 1.25 bits per heavy atom. The van der Waals surface area contributed by atoms with Crippen molar-refractivity contribution in [3.8, 4) is 0 Å². The number of nitrogens with zero attached hydrogens (tertiary/aromatic N) is 2. The van der Waals surface area contributed by atoms with Crippen LogP contribution in [0.2, 0.25) is 0 Å². The highest BCUT2D eigenvalue weighted by Crippen LogP contribution is 2.30. The van der Waals surface area contributed by atoms with Gasteiger partial charge in [-0.1, -0.05) is 44.4 Å². The van der Waals surface area contributed by atoms with Gasteiger partial charge in [-0.2, -0.15) is 0 Å². The normalized spacial score (nSPS) is 22.9. The molecule has 2 atom stereocenters. The van der Waals surface area contributed by atoms with Gasteiger partial charge in [0, 0.05) is 18.1 Å². The van der Waals surface area contributed by atoms with Gasteiger partial charge >= 0.3 is 0 Å². The lowest BCUT2D eigenvalue weighted by atomic mass is 9.81. The van der Waals surface area contributed by atoms with Gasteiger partial charge in [-0.15, -0.1) is 0 Å². The van der Waals surface area contributed by atoms with E-state index < -0.39 is 0 Å². The summed E-state index contributed by atoms with van der Waals surface area (Å²) in [6.45, 7) is 3.36. The Kier molecular flexibility index (Phi) is 4.14. The summed E-state index contributed by atoms with van der Waals surface area (Å²) in [6, 6.07) is 8.11. The highest BCUT2D eigenvalue weighted by molar-refractivity contribution is 5.78. The monoisotopic (exact) mass is 269 g/mol. The first kappa shape index (κ1) is 13.3. The van der Waals surface area contributed by atoms with Gasteiger partial charge in [0.2, 0.25) is 5.95 Å². The fourth-order valence-corrected chi connectivity index (χ4v) is 3.27. The van der Waals surface area contributed by atoms with Crippen LogP contribution in [0.1, 0.15) is 39.0 Å². The van der Waals surface area contributed by atoms with Crippen LogP contribution in [0.5, 0.6) is 0 Å². The predicted octanol–water partition coefficient (Wildman–Crippen LogP) is 4.26. The largest absolute Gasteiger partial charge is 0.354 e. The molecule has 1 aromatic carbocycles. The minimum Gasteiger partial charge on any atom is -0.354 e. The van der Waals surface area contributed by atoms with Crippen molar-refractivity contribution in [3.05, 3.63) is 30.5 Å². The summed E-state index contributed by atoms with van der Waals surface area (Å²) in [7, 11) is 0. The Morgan fingerprint density at radius 2 is 2.15 bits per heavy atom. The van der Waals surface area contributed by atoms with E-state index in [1.165, 1.54) is 32.1 Å². The van der Waals surface area contributed by atoms with Crippen molar-refractivity contribution in [2.24, 2.45) is 11.8 Å². The van der Waals surface area contributed by atoms with Crippen LogP contribution in [0.3, 0.4) is 0 Å². The smallest absolute Gasteiger partial charge is 0.223 e. The maximum absolute atomic E-state index is 4.55. The molecule has 1 saturated carbocycles. The van der Waals surface area contributed by atoms with Gasteiger partial charge in [0.1, 0.15) is 0 Å². The summed E-state index contributed by atoms with van der Waals surface area (Å²) in [6.07, 6.45) is 8.73. The average Bonchev–Trinajstić information content (AvgIpc) is 2.47. The van der Waals surface area contributed by atoms with Crippen LogP contribution in [0.25, 0.3) is 10.9 Å². The summed E-state index contributed by atoms with van der Waals surface area (Å²) in [5.41, 5.74) is 1.01. The lowest BCUT2D eigenvalue weighted by Crippen LogP contribution is -2.17. The predicted molar refractivity (Wildman–Crippen MR) is 83.8 cm³/mol. The molecule has 0 aliphatic heterocycles. The summed E-state index contributed by atoms with van der Waals surface area (Å²) in [4.78, 5) is 8.93. The van der Waals surface area contributed by atoms with E-state index in [9.17, 15) is 0 Å². The maximum Gasteiger partial charge on any atom is 0.223 e. The molecule has 0 spiro atoms. The lowest BCUT2D eigenvalue weighted by molar-refractivity contribution is 0.274. The number of nitrogens with one attached hydrogen (secondary N) is 1. The van der Waals surface area contributed by atoms with Crippen molar-refractivity contribution in [3.63, 3.8) is 0 Å². The second-order valence-electron chi connectivity index (χ2n) is 6.11. The third-order valence-electron chi connectivity index (χ3n) is 4.37. The molecule has 1 aliphatic carbocycles. The first-order valence-corrected chi connectivity index (χ1v) is 7.77. The van der Waals surface area contributed by atoms with Crippen molar-refractivity contribution in [2.45, 2.75) is 39.0 Å². The van der Waals surface area contributed by atoms with Crippen LogP contribution >= 0.6 is 0 Å². The first-order valence-electron chi connectivity index (χ1n) is 7.77. The Morgan fingerprint density at radius 3 is 3.05 bits per heavy atom. The standard InChI is InChI=1S/C17H23N3/c1-13-5-4-6-14(11-13)9-10-18-17-19-12-15-7-2-3-8-16(15)20-17/h2-3,7-8,12-14H,4-6,9-11H2,1H3,(H,18,19,20). The van der Waals surface area contributed by atoms with E-state index in [0.29, 0.717) is 0 Å². The zero-order valence-electron chi connectivity index (χ0n) is 12.2. The third kappa shape index (κ3) is 3.27. The van der Waals surface area contributed by atoms with Crippen molar-refractivity contribution >= 4 is 16.9 Å². The van der Waals surface area contributed by atoms with Crippen LogP contribution in [0.4, 0.5) is 5.95 Å². The molecule has 0 bridgehead atoms. The van der Waals surface area contributed by atoms with Gasteiger partial charge < -0.3 is 5.32 Å². The molecule has 1 aliphatic rings. The Bertz CT molecular complexity index is 567. The van der Waals surface area contributed by atoms with E-state index in [1.54, 1.807) is 0 Å². The molecule has 2 aromatic rings. The number of anilines is 1.